The summed E-state index contributed by atoms with van der Waals surface area (Å²) >= 11 is 0. The van der Waals surface area contributed by atoms with Crippen LogP contribution in [0.5, 0.6) is 11.5 Å². The lowest BCUT2D eigenvalue weighted by Gasteiger charge is -2.19. The molecular formula is C20H22N4O3. The van der Waals surface area contributed by atoms with Crippen molar-refractivity contribution >= 4 is 5.91 Å². The van der Waals surface area contributed by atoms with E-state index < -0.39 is 5.91 Å². The van der Waals surface area contributed by atoms with Gasteiger partial charge in [-0.05, 0) is 31.5 Å². The summed E-state index contributed by atoms with van der Waals surface area (Å²) in [6.07, 6.45) is 4.26. The molecule has 0 radical (unpaired) electrons. The number of hydrogen-bond acceptors (Lipinski definition) is 4. The summed E-state index contributed by atoms with van der Waals surface area (Å²) in [4.78, 5) is 19.4. The Labute approximate surface area is 157 Å². The van der Waals surface area contributed by atoms with Gasteiger partial charge >= 0.3 is 0 Å². The van der Waals surface area contributed by atoms with Crippen molar-refractivity contribution in [1.29, 1.82) is 0 Å². The number of primary amides is 1. The molecule has 0 aliphatic carbocycles. The van der Waals surface area contributed by atoms with Gasteiger partial charge in [-0.3, -0.25) is 4.79 Å². The van der Waals surface area contributed by atoms with Gasteiger partial charge < -0.3 is 24.8 Å². The fourth-order valence-corrected chi connectivity index (χ4v) is 3.73. The predicted molar refractivity (Wildman–Crippen MR) is 101 cm³/mol. The van der Waals surface area contributed by atoms with Gasteiger partial charge in [0.25, 0.3) is 5.91 Å². The number of nitrogens with zero attached hydrogens (tertiary/aromatic N) is 2. The van der Waals surface area contributed by atoms with Crippen LogP contribution in [0.3, 0.4) is 0 Å². The smallest absolute Gasteiger partial charge is 0.251 e. The predicted octanol–water partition coefficient (Wildman–Crippen LogP) is 2.61. The summed E-state index contributed by atoms with van der Waals surface area (Å²) in [7, 11) is 0. The van der Waals surface area contributed by atoms with Gasteiger partial charge in [0.1, 0.15) is 13.2 Å². The SMILES string of the molecule is Cc1c(C(N)=O)c(-c2ccc3c(c2)OCCO3)c(C)n1CCc1cnc[nH]1. The van der Waals surface area contributed by atoms with Gasteiger partial charge in [-0.2, -0.15) is 0 Å². The van der Waals surface area contributed by atoms with Gasteiger partial charge in [-0.1, -0.05) is 6.07 Å². The number of nitrogens with two attached hydrogens (primary N) is 1. The van der Waals surface area contributed by atoms with E-state index in [2.05, 4.69) is 14.5 Å². The van der Waals surface area contributed by atoms with Gasteiger partial charge in [0.2, 0.25) is 0 Å². The molecule has 0 bridgehead atoms. The topological polar surface area (TPSA) is 95.2 Å². The third kappa shape index (κ3) is 3.05. The summed E-state index contributed by atoms with van der Waals surface area (Å²) in [5.41, 5.74) is 10.9. The Kier molecular flexibility index (Phi) is 4.35. The van der Waals surface area contributed by atoms with E-state index in [9.17, 15) is 4.79 Å². The number of rotatable bonds is 5. The van der Waals surface area contributed by atoms with Gasteiger partial charge in [0, 0.05) is 41.8 Å². The van der Waals surface area contributed by atoms with Crippen LogP contribution in [-0.2, 0) is 13.0 Å². The molecular weight excluding hydrogens is 344 g/mol. The molecule has 0 fully saturated rings. The van der Waals surface area contributed by atoms with Crippen molar-refractivity contribution in [3.05, 3.63) is 53.4 Å². The van der Waals surface area contributed by atoms with Crippen LogP contribution in [-0.4, -0.2) is 33.7 Å². The molecule has 7 nitrogen and oxygen atoms in total. The van der Waals surface area contributed by atoms with Gasteiger partial charge in [-0.15, -0.1) is 0 Å². The number of carbonyl (C=O) groups excluding carboxylic acids is 1. The fourth-order valence-electron chi connectivity index (χ4n) is 3.73. The number of fused-ring (bicyclic) bond motifs is 1. The van der Waals surface area contributed by atoms with E-state index in [1.807, 2.05) is 38.2 Å². The maximum Gasteiger partial charge on any atom is 0.251 e. The molecule has 3 heterocycles. The molecule has 1 aliphatic rings. The number of aryl methyl sites for hydroxylation is 1. The number of H-pyrrole nitrogens is 1. The van der Waals surface area contributed by atoms with Gasteiger partial charge in [0.05, 0.1) is 11.9 Å². The molecule has 0 saturated carbocycles. The van der Waals surface area contributed by atoms with E-state index in [-0.39, 0.29) is 0 Å². The molecule has 0 saturated heterocycles. The molecule has 7 heteroatoms. The summed E-state index contributed by atoms with van der Waals surface area (Å²) in [6.45, 7) is 5.73. The van der Waals surface area contributed by atoms with Crippen LogP contribution in [0.1, 0.15) is 27.4 Å². The number of aromatic amines is 1. The number of nitrogens with one attached hydrogen (secondary N) is 1. The zero-order chi connectivity index (χ0) is 19.0. The van der Waals surface area contributed by atoms with Crippen molar-refractivity contribution in [2.75, 3.05) is 13.2 Å². The molecule has 1 aliphatic heterocycles. The quantitative estimate of drug-likeness (QED) is 0.726. The third-order valence-electron chi connectivity index (χ3n) is 5.02. The number of carbonyl (C=O) groups is 1. The van der Waals surface area contributed by atoms with Crippen molar-refractivity contribution in [1.82, 2.24) is 14.5 Å². The largest absolute Gasteiger partial charge is 0.486 e. The first-order chi connectivity index (χ1) is 13.1. The summed E-state index contributed by atoms with van der Waals surface area (Å²) < 4.78 is 13.4. The maximum atomic E-state index is 12.2. The van der Waals surface area contributed by atoms with Crippen molar-refractivity contribution in [2.24, 2.45) is 5.73 Å². The minimum absolute atomic E-state index is 0.430. The van der Waals surface area contributed by atoms with Gasteiger partial charge in [-0.25, -0.2) is 4.98 Å². The molecule has 2 aromatic heterocycles. The second-order valence-electron chi connectivity index (χ2n) is 6.62. The Bertz CT molecular complexity index is 989. The first-order valence-corrected chi connectivity index (χ1v) is 8.93. The summed E-state index contributed by atoms with van der Waals surface area (Å²) in [6, 6.07) is 5.74. The van der Waals surface area contributed by atoms with Crippen molar-refractivity contribution in [3.63, 3.8) is 0 Å². The Morgan fingerprint density at radius 3 is 2.70 bits per heavy atom. The van der Waals surface area contributed by atoms with E-state index in [1.165, 1.54) is 0 Å². The second kappa shape index (κ2) is 6.83. The normalized spacial score (nSPS) is 13.0. The first kappa shape index (κ1) is 17.2. The maximum absolute atomic E-state index is 12.2. The van der Waals surface area contributed by atoms with E-state index in [0.717, 1.165) is 46.9 Å². The number of imidazole rings is 1. The Balaban J connectivity index is 1.77. The van der Waals surface area contributed by atoms with Gasteiger partial charge in [0.15, 0.2) is 11.5 Å². The van der Waals surface area contributed by atoms with E-state index >= 15 is 0 Å². The molecule has 3 N–H and O–H groups in total. The summed E-state index contributed by atoms with van der Waals surface area (Å²) in [5, 5.41) is 0. The van der Waals surface area contributed by atoms with E-state index in [0.29, 0.717) is 24.5 Å². The molecule has 0 spiro atoms. The molecule has 0 atom stereocenters. The minimum Gasteiger partial charge on any atom is -0.486 e. The van der Waals surface area contributed by atoms with Crippen LogP contribution in [0, 0.1) is 13.8 Å². The first-order valence-electron chi connectivity index (χ1n) is 8.93. The van der Waals surface area contributed by atoms with Crippen LogP contribution < -0.4 is 15.2 Å². The zero-order valence-electron chi connectivity index (χ0n) is 15.4. The molecule has 0 unspecified atom stereocenters. The lowest BCUT2D eigenvalue weighted by atomic mass is 9.99. The number of ether oxygens (including phenoxy) is 2. The molecule has 27 heavy (non-hydrogen) atoms. The average Bonchev–Trinajstić information content (AvgIpc) is 3.26. The number of hydrogen-bond donors (Lipinski definition) is 2. The summed E-state index contributed by atoms with van der Waals surface area (Å²) in [5.74, 6) is 0.982. The minimum atomic E-state index is -0.430. The molecule has 4 rings (SSSR count). The molecule has 3 aromatic rings. The molecule has 1 amide bonds. The van der Waals surface area contributed by atoms with Crippen LogP contribution in [0.2, 0.25) is 0 Å². The highest BCUT2D eigenvalue weighted by atomic mass is 16.6. The highest BCUT2D eigenvalue weighted by molar-refractivity contribution is 6.02. The fraction of sp³-hybridized carbons (Fsp3) is 0.300. The zero-order valence-corrected chi connectivity index (χ0v) is 15.4. The second-order valence-corrected chi connectivity index (χ2v) is 6.62. The van der Waals surface area contributed by atoms with Crippen molar-refractivity contribution in [2.45, 2.75) is 26.8 Å². The highest BCUT2D eigenvalue weighted by Crippen LogP contribution is 2.38. The highest BCUT2D eigenvalue weighted by Gasteiger charge is 2.24. The van der Waals surface area contributed by atoms with Crippen LogP contribution >= 0.6 is 0 Å². The molecule has 1 aromatic carbocycles. The lowest BCUT2D eigenvalue weighted by molar-refractivity contribution is 0.1000. The van der Waals surface area contributed by atoms with Crippen LogP contribution in [0.25, 0.3) is 11.1 Å². The Hall–Kier alpha value is -3.22. The van der Waals surface area contributed by atoms with Crippen LogP contribution in [0.4, 0.5) is 0 Å². The molecule has 140 valence electrons. The van der Waals surface area contributed by atoms with Crippen LogP contribution in [0.15, 0.2) is 30.7 Å². The standard InChI is InChI=1S/C20H22N4O3/c1-12-18(14-3-4-16-17(9-14)27-8-7-26-16)19(20(21)25)13(2)24(12)6-5-15-10-22-11-23-15/h3-4,9-11H,5-8H2,1-2H3,(H2,21,25)(H,22,23). The van der Waals surface area contributed by atoms with E-state index in [1.54, 1.807) is 6.33 Å². The Morgan fingerprint density at radius 1 is 1.22 bits per heavy atom. The monoisotopic (exact) mass is 366 g/mol. The third-order valence-corrected chi connectivity index (χ3v) is 5.02. The van der Waals surface area contributed by atoms with Crippen molar-refractivity contribution in [3.8, 4) is 22.6 Å². The lowest BCUT2D eigenvalue weighted by Crippen LogP contribution is -2.15. The van der Waals surface area contributed by atoms with Crippen molar-refractivity contribution < 1.29 is 14.3 Å². The average molecular weight is 366 g/mol. The number of aromatic nitrogens is 3. The number of benzene rings is 1. The van der Waals surface area contributed by atoms with E-state index in [4.69, 9.17) is 15.2 Å². The Morgan fingerprint density at radius 2 is 2.00 bits per heavy atom. The number of amides is 1.